The minimum absolute atomic E-state index is 0.482. The van der Waals surface area contributed by atoms with E-state index >= 15 is 0 Å². The van der Waals surface area contributed by atoms with Gasteiger partial charge in [0.1, 0.15) is 0 Å². The van der Waals surface area contributed by atoms with Gasteiger partial charge in [-0.2, -0.15) is 0 Å². The van der Waals surface area contributed by atoms with Gasteiger partial charge in [0.25, 0.3) is 0 Å². The second kappa shape index (κ2) is 5.49. The van der Waals surface area contributed by atoms with E-state index in [1.54, 1.807) is 10.5 Å². The second-order valence-electron chi connectivity index (χ2n) is 1.85. The molecule has 0 atom stereocenters. The predicted molar refractivity (Wildman–Crippen MR) is 39.6 cm³/mol. The van der Waals surface area contributed by atoms with Gasteiger partial charge < -0.3 is 0 Å². The standard InChI is InChI=1S/C8H10O.W/c1-4-7(2)5-8(3)6-9;/h3-6H,1-2H3;/i6T;. The number of hydrogen-bond donors (Lipinski definition) is 0. The first-order chi connectivity index (χ1) is 5.11. The summed E-state index contributed by atoms with van der Waals surface area (Å²) in [7, 11) is 0. The van der Waals surface area contributed by atoms with Crippen LogP contribution in [-0.2, 0) is 24.1 Å². The minimum atomic E-state index is -0.610. The number of rotatable bonds is 3. The normalized spacial score (nSPS) is 14.4. The van der Waals surface area contributed by atoms with E-state index in [1.807, 2.05) is 19.9 Å². The molecule has 0 unspecified atom stereocenters. The first-order valence-electron chi connectivity index (χ1n) is 3.42. The Kier molecular flexibility index (Phi) is 4.29. The molecule has 0 saturated heterocycles. The molecule has 0 radical (unpaired) electrons. The van der Waals surface area contributed by atoms with Crippen molar-refractivity contribution in [2.75, 3.05) is 0 Å². The Morgan fingerprint density at radius 3 is 2.60 bits per heavy atom. The summed E-state index contributed by atoms with van der Waals surface area (Å²) in [6, 6.07) is 0. The van der Waals surface area contributed by atoms with E-state index in [-0.39, 0.29) is 0 Å². The van der Waals surface area contributed by atoms with Crippen LogP contribution < -0.4 is 0 Å². The number of carbonyl (C=O) groups is 1. The molecular formula is C8H10OW. The van der Waals surface area contributed by atoms with Crippen LogP contribution in [0.25, 0.3) is 0 Å². The third kappa shape index (κ3) is 3.68. The van der Waals surface area contributed by atoms with Crippen LogP contribution in [0.2, 0.25) is 0 Å². The second-order valence-corrected chi connectivity index (χ2v) is 2.70. The first-order valence-corrected chi connectivity index (χ1v) is 4.62. The molecular weight excluding hydrogens is 296 g/mol. The maximum absolute atomic E-state index is 10.6. The molecule has 0 fully saturated rings. The number of carbonyl (C=O) groups excluding carboxylic acids is 1. The average Bonchev–Trinajstić information content (AvgIpc) is 1.99. The van der Waals surface area contributed by atoms with Crippen molar-refractivity contribution in [2.45, 2.75) is 13.8 Å². The van der Waals surface area contributed by atoms with Crippen molar-refractivity contribution in [3.8, 4) is 0 Å². The number of aldehydes is 1. The van der Waals surface area contributed by atoms with Crippen LogP contribution in [0.3, 0.4) is 0 Å². The van der Waals surface area contributed by atoms with Gasteiger partial charge in [-0.3, -0.25) is 0 Å². The molecule has 0 spiro atoms. The summed E-state index contributed by atoms with van der Waals surface area (Å²) in [6.07, 6.45) is 3.02. The Morgan fingerprint density at radius 2 is 2.30 bits per heavy atom. The van der Waals surface area contributed by atoms with Gasteiger partial charge in [0.2, 0.25) is 0 Å². The van der Waals surface area contributed by atoms with Gasteiger partial charge in [-0.15, -0.1) is 0 Å². The van der Waals surface area contributed by atoms with Gasteiger partial charge in [0.05, 0.1) is 0 Å². The zero-order valence-electron chi connectivity index (χ0n) is 7.05. The molecule has 0 N–H and O–H groups in total. The molecule has 0 aliphatic carbocycles. The third-order valence-electron chi connectivity index (χ3n) is 1.08. The molecule has 0 aromatic heterocycles. The molecule has 1 nitrogen and oxygen atoms in total. The molecule has 0 aromatic rings. The molecule has 0 saturated carbocycles. The van der Waals surface area contributed by atoms with Crippen molar-refractivity contribution in [1.29, 1.82) is 0 Å². The Morgan fingerprint density at radius 1 is 1.70 bits per heavy atom. The summed E-state index contributed by atoms with van der Waals surface area (Å²) >= 11 is 1.19. The summed E-state index contributed by atoms with van der Waals surface area (Å²) in [5, 5.41) is 0. The van der Waals surface area contributed by atoms with Gasteiger partial charge >= 0.3 is 73.3 Å². The van der Waals surface area contributed by atoms with Gasteiger partial charge in [-0.1, -0.05) is 0 Å². The number of hydrogen-bond acceptors (Lipinski definition) is 1. The predicted octanol–water partition coefficient (Wildman–Crippen LogP) is 1.43. The summed E-state index contributed by atoms with van der Waals surface area (Å²) in [4.78, 5) is 10.6. The van der Waals surface area contributed by atoms with Gasteiger partial charge in [-0.05, 0) is 0 Å². The van der Waals surface area contributed by atoms with Crippen LogP contribution in [0.1, 0.15) is 15.2 Å². The van der Waals surface area contributed by atoms with Crippen molar-refractivity contribution in [3.05, 3.63) is 23.3 Å². The van der Waals surface area contributed by atoms with Crippen LogP contribution >= 0.6 is 0 Å². The van der Waals surface area contributed by atoms with Crippen LogP contribution in [0.4, 0.5) is 0 Å². The fourth-order valence-corrected chi connectivity index (χ4v) is 0.833. The van der Waals surface area contributed by atoms with Crippen molar-refractivity contribution in [2.24, 2.45) is 0 Å². The van der Waals surface area contributed by atoms with Gasteiger partial charge in [0.15, 0.2) is 0 Å². The molecule has 0 heterocycles. The Bertz CT molecular complexity index is 228. The van der Waals surface area contributed by atoms with Crippen LogP contribution in [0.15, 0.2) is 23.3 Å². The zero-order valence-corrected chi connectivity index (χ0v) is 8.98. The van der Waals surface area contributed by atoms with Gasteiger partial charge in [-0.25, -0.2) is 0 Å². The first kappa shape index (κ1) is 7.81. The molecule has 10 heavy (non-hydrogen) atoms. The molecule has 0 amide bonds. The summed E-state index contributed by atoms with van der Waals surface area (Å²) in [5.41, 5.74) is 1.49. The SMILES string of the molecule is [3H]C(=O)C([CH]=[W])=CC(C)=CC. The summed E-state index contributed by atoms with van der Waals surface area (Å²) in [6.45, 7) is 3.81. The molecule has 0 rings (SSSR count). The topological polar surface area (TPSA) is 17.1 Å². The van der Waals surface area contributed by atoms with Gasteiger partial charge in [0, 0.05) is 0 Å². The van der Waals surface area contributed by atoms with E-state index in [9.17, 15) is 4.79 Å². The maximum atomic E-state index is 10.6. The van der Waals surface area contributed by atoms with E-state index in [4.69, 9.17) is 1.37 Å². The quantitative estimate of drug-likeness (QED) is 0.438. The molecule has 0 aromatic carbocycles. The van der Waals surface area contributed by atoms with E-state index < -0.39 is 6.26 Å². The Balaban J connectivity index is 4.62. The third-order valence-corrected chi connectivity index (χ3v) is 2.00. The molecule has 2 heteroatoms. The van der Waals surface area contributed by atoms with E-state index in [0.717, 1.165) is 5.57 Å². The monoisotopic (exact) mass is 308 g/mol. The summed E-state index contributed by atoms with van der Waals surface area (Å²) < 4.78 is 8.58. The molecule has 54 valence electrons. The molecule has 0 aliphatic rings. The van der Waals surface area contributed by atoms with Crippen LogP contribution in [0.5, 0.6) is 0 Å². The van der Waals surface area contributed by atoms with E-state index in [1.165, 1.54) is 19.4 Å². The van der Waals surface area contributed by atoms with E-state index in [2.05, 4.69) is 0 Å². The fourth-order valence-electron chi connectivity index (χ4n) is 0.416. The average molecular weight is 308 g/mol. The zero-order chi connectivity index (χ0) is 8.85. The Hall–Kier alpha value is -0.292. The van der Waals surface area contributed by atoms with E-state index in [0.29, 0.717) is 5.57 Å². The molecule has 0 bridgehead atoms. The van der Waals surface area contributed by atoms with Crippen molar-refractivity contribution >= 4 is 10.7 Å². The molecule has 0 aliphatic heterocycles. The summed E-state index contributed by atoms with van der Waals surface area (Å²) in [5.74, 6) is 0. The fraction of sp³-hybridized carbons (Fsp3) is 0.250. The van der Waals surface area contributed by atoms with Crippen molar-refractivity contribution < 1.29 is 25.5 Å². The van der Waals surface area contributed by atoms with Crippen LogP contribution in [-0.4, -0.2) is 10.7 Å². The van der Waals surface area contributed by atoms with Crippen molar-refractivity contribution in [1.82, 2.24) is 0 Å². The van der Waals surface area contributed by atoms with Crippen LogP contribution in [0, 0.1) is 0 Å². The van der Waals surface area contributed by atoms with Crippen molar-refractivity contribution in [3.63, 3.8) is 0 Å². The Labute approximate surface area is 73.6 Å². The number of allylic oxidation sites excluding steroid dienone is 4.